The van der Waals surface area contributed by atoms with Gasteiger partial charge in [-0.05, 0) is 60.6 Å². The van der Waals surface area contributed by atoms with Crippen LogP contribution in [0.1, 0.15) is 92.5 Å². The third-order valence-electron chi connectivity index (χ3n) is 5.87. The highest BCUT2D eigenvalue weighted by molar-refractivity contribution is 7.81. The predicted octanol–water partition coefficient (Wildman–Crippen LogP) is 8.81. The molecule has 2 aromatic rings. The molecule has 0 aliphatic carbocycles. The Hall–Kier alpha value is -1.73. The molecule has 0 amide bonds. The summed E-state index contributed by atoms with van der Waals surface area (Å²) < 4.78 is 0. The summed E-state index contributed by atoms with van der Waals surface area (Å²) in [5.41, 5.74) is 6.45. The zero-order chi connectivity index (χ0) is 20.9. The molecule has 0 heterocycles. The summed E-state index contributed by atoms with van der Waals surface area (Å²) in [7, 11) is 0. The normalized spacial score (nSPS) is 11.3. The molecule has 29 heavy (non-hydrogen) atoms. The Morgan fingerprint density at radius 1 is 0.793 bits per heavy atom. The Balaban J connectivity index is 1.72. The van der Waals surface area contributed by atoms with Crippen LogP contribution in [0, 0.1) is 13.8 Å². The first-order valence-corrected chi connectivity index (χ1v) is 11.9. The monoisotopic (exact) mass is 406 g/mol. The van der Waals surface area contributed by atoms with Gasteiger partial charge in [-0.15, -0.1) is 0 Å². The largest absolute Gasteiger partial charge is 0.0795 e. The van der Waals surface area contributed by atoms with Crippen molar-refractivity contribution in [2.24, 2.45) is 0 Å². The third-order valence-corrected chi connectivity index (χ3v) is 6.24. The first-order chi connectivity index (χ1) is 14.1. The molecule has 0 saturated carbocycles. The van der Waals surface area contributed by atoms with Crippen LogP contribution in [-0.4, -0.2) is 4.86 Å². The molecule has 0 nitrogen and oxygen atoms in total. The van der Waals surface area contributed by atoms with Crippen LogP contribution in [0.15, 0.2) is 48.5 Å². The number of allylic oxidation sites excluding steroid dienone is 1. The van der Waals surface area contributed by atoms with Gasteiger partial charge < -0.3 is 0 Å². The molecular weight excluding hydrogens is 368 g/mol. The molecule has 0 aliphatic rings. The maximum atomic E-state index is 5.63. The molecule has 1 heteroatoms. The van der Waals surface area contributed by atoms with Crippen molar-refractivity contribution in [2.75, 3.05) is 0 Å². The van der Waals surface area contributed by atoms with Gasteiger partial charge in [-0.2, -0.15) is 0 Å². The Morgan fingerprint density at radius 2 is 1.41 bits per heavy atom. The first kappa shape index (κ1) is 23.5. The highest BCUT2D eigenvalue weighted by atomic mass is 32.1. The van der Waals surface area contributed by atoms with Crippen molar-refractivity contribution in [3.8, 4) is 0 Å². The van der Waals surface area contributed by atoms with Gasteiger partial charge in [0.05, 0.1) is 0 Å². The van der Waals surface area contributed by atoms with E-state index in [4.69, 9.17) is 12.2 Å². The standard InChI is InChI=1S/C28H38S/c1-4-5-6-7-8-9-10-11-12-15-25-17-19-27(20-18-25)28(29)22-21-26-16-13-14-23(2)24(26)3/h13-14,16-22H,4-12,15H2,1-3H3. The van der Waals surface area contributed by atoms with E-state index in [9.17, 15) is 0 Å². The quantitative estimate of drug-likeness (QED) is 0.139. The van der Waals surface area contributed by atoms with Crippen LogP contribution in [0.4, 0.5) is 0 Å². The van der Waals surface area contributed by atoms with Gasteiger partial charge in [0.25, 0.3) is 0 Å². The van der Waals surface area contributed by atoms with Gasteiger partial charge >= 0.3 is 0 Å². The number of hydrogen-bond acceptors (Lipinski definition) is 1. The van der Waals surface area contributed by atoms with E-state index < -0.39 is 0 Å². The third kappa shape index (κ3) is 8.66. The zero-order valence-corrected chi connectivity index (χ0v) is 19.5. The molecule has 2 aromatic carbocycles. The number of unbranched alkanes of at least 4 members (excludes halogenated alkanes) is 8. The van der Waals surface area contributed by atoms with E-state index in [0.717, 1.165) is 10.4 Å². The smallest absolute Gasteiger partial charge is 0.0449 e. The minimum atomic E-state index is 0.903. The topological polar surface area (TPSA) is 0 Å². The number of hydrogen-bond donors (Lipinski definition) is 0. The number of thiocarbonyl (C=S) groups is 1. The van der Waals surface area contributed by atoms with Crippen molar-refractivity contribution in [2.45, 2.75) is 85.0 Å². The molecule has 0 saturated heterocycles. The Kier molecular flexibility index (Phi) is 11.0. The lowest BCUT2D eigenvalue weighted by atomic mass is 10.0. The molecule has 156 valence electrons. The van der Waals surface area contributed by atoms with Gasteiger partial charge in [-0.1, -0.05) is 119 Å². The molecule has 0 aromatic heterocycles. The molecule has 0 unspecified atom stereocenters. The fourth-order valence-corrected chi connectivity index (χ4v) is 3.90. The van der Waals surface area contributed by atoms with E-state index in [0.29, 0.717) is 0 Å². The molecule has 0 atom stereocenters. The molecule has 0 aliphatic heterocycles. The minimum Gasteiger partial charge on any atom is -0.0795 e. The van der Waals surface area contributed by atoms with Crippen molar-refractivity contribution in [3.05, 3.63) is 76.4 Å². The second-order valence-electron chi connectivity index (χ2n) is 8.26. The van der Waals surface area contributed by atoms with Crippen molar-refractivity contribution in [1.29, 1.82) is 0 Å². The average molecular weight is 407 g/mol. The fourth-order valence-electron chi connectivity index (χ4n) is 3.69. The van der Waals surface area contributed by atoms with E-state index in [-0.39, 0.29) is 0 Å². The summed E-state index contributed by atoms with van der Waals surface area (Å²) in [5, 5.41) is 0. The Bertz CT molecular complexity index is 767. The van der Waals surface area contributed by atoms with E-state index in [1.54, 1.807) is 0 Å². The Morgan fingerprint density at radius 3 is 2.07 bits per heavy atom. The predicted molar refractivity (Wildman–Crippen MR) is 134 cm³/mol. The molecule has 0 radical (unpaired) electrons. The second kappa shape index (κ2) is 13.5. The maximum absolute atomic E-state index is 5.63. The lowest BCUT2D eigenvalue weighted by molar-refractivity contribution is 0.565. The van der Waals surface area contributed by atoms with E-state index in [1.807, 2.05) is 0 Å². The van der Waals surface area contributed by atoms with Gasteiger partial charge in [0.1, 0.15) is 0 Å². The number of benzene rings is 2. The second-order valence-corrected chi connectivity index (χ2v) is 8.70. The van der Waals surface area contributed by atoms with Gasteiger partial charge in [-0.25, -0.2) is 0 Å². The summed E-state index contributed by atoms with van der Waals surface area (Å²) in [4.78, 5) is 0.903. The summed E-state index contributed by atoms with van der Waals surface area (Å²) in [6.45, 7) is 6.60. The highest BCUT2D eigenvalue weighted by Gasteiger charge is 2.01. The minimum absolute atomic E-state index is 0.903. The summed E-state index contributed by atoms with van der Waals surface area (Å²) in [6.07, 6.45) is 17.8. The Labute approximate surface area is 184 Å². The SMILES string of the molecule is CCCCCCCCCCCc1ccc(C(=S)C=Cc2cccc(C)c2C)cc1. The molecule has 2 rings (SSSR count). The average Bonchev–Trinajstić information content (AvgIpc) is 2.74. The van der Waals surface area contributed by atoms with E-state index in [1.165, 1.54) is 86.5 Å². The van der Waals surface area contributed by atoms with E-state index in [2.05, 4.69) is 75.4 Å². The van der Waals surface area contributed by atoms with Crippen molar-refractivity contribution >= 4 is 23.2 Å². The van der Waals surface area contributed by atoms with Crippen LogP contribution >= 0.6 is 12.2 Å². The highest BCUT2D eigenvalue weighted by Crippen LogP contribution is 2.16. The fraction of sp³-hybridized carbons (Fsp3) is 0.464. The zero-order valence-electron chi connectivity index (χ0n) is 18.7. The summed E-state index contributed by atoms with van der Waals surface area (Å²) >= 11 is 5.63. The van der Waals surface area contributed by atoms with Gasteiger partial charge in [0, 0.05) is 4.86 Å². The molecule has 0 fully saturated rings. The van der Waals surface area contributed by atoms with Crippen LogP contribution in [0.2, 0.25) is 0 Å². The number of rotatable bonds is 13. The van der Waals surface area contributed by atoms with Crippen LogP contribution in [0.3, 0.4) is 0 Å². The van der Waals surface area contributed by atoms with Crippen LogP contribution in [-0.2, 0) is 6.42 Å². The van der Waals surface area contributed by atoms with Gasteiger partial charge in [0.2, 0.25) is 0 Å². The lowest BCUT2D eigenvalue weighted by Crippen LogP contribution is -1.94. The van der Waals surface area contributed by atoms with Crippen LogP contribution in [0.5, 0.6) is 0 Å². The lowest BCUT2D eigenvalue weighted by Gasteiger charge is -2.06. The van der Waals surface area contributed by atoms with Crippen molar-refractivity contribution in [1.82, 2.24) is 0 Å². The van der Waals surface area contributed by atoms with Crippen LogP contribution in [0.25, 0.3) is 6.08 Å². The van der Waals surface area contributed by atoms with Gasteiger partial charge in [-0.3, -0.25) is 0 Å². The molecular formula is C28H38S. The first-order valence-electron chi connectivity index (χ1n) is 11.5. The van der Waals surface area contributed by atoms with Crippen LogP contribution < -0.4 is 0 Å². The summed E-state index contributed by atoms with van der Waals surface area (Å²) in [5.74, 6) is 0. The number of aryl methyl sites for hydroxylation is 2. The molecule has 0 bridgehead atoms. The van der Waals surface area contributed by atoms with Crippen molar-refractivity contribution < 1.29 is 0 Å². The van der Waals surface area contributed by atoms with E-state index >= 15 is 0 Å². The van der Waals surface area contributed by atoms with Gasteiger partial charge in [0.15, 0.2) is 0 Å². The maximum Gasteiger partial charge on any atom is 0.0449 e. The summed E-state index contributed by atoms with van der Waals surface area (Å²) in [6, 6.07) is 15.3. The molecule has 0 spiro atoms. The molecule has 0 N–H and O–H groups in total. The van der Waals surface area contributed by atoms with Crippen molar-refractivity contribution in [3.63, 3.8) is 0 Å².